The molecule has 1 aliphatic heterocycles. The molecule has 2 aromatic carbocycles. The number of benzene rings is 2. The summed E-state index contributed by atoms with van der Waals surface area (Å²) in [5.74, 6) is 0. The largest absolute Gasteiger partial charge is 0.372 e. The molecule has 3 heterocycles. The highest BCUT2D eigenvalue weighted by Gasteiger charge is 2.42. The molecule has 0 bridgehead atoms. The number of aromatic nitrogens is 2. The molecule has 0 saturated carbocycles. The molecule has 1 fully saturated rings. The van der Waals surface area contributed by atoms with Crippen molar-refractivity contribution in [2.24, 2.45) is 0 Å². The van der Waals surface area contributed by atoms with Gasteiger partial charge in [0.25, 0.3) is 0 Å². The summed E-state index contributed by atoms with van der Waals surface area (Å²) in [6, 6.07) is 22.2. The predicted octanol–water partition coefficient (Wildman–Crippen LogP) is 6.19. The van der Waals surface area contributed by atoms with E-state index in [1.807, 2.05) is 37.3 Å². The molecule has 0 unspecified atom stereocenters. The first-order valence-electron chi connectivity index (χ1n) is 14.2. The molecular formula is C32H38N6O2S2. The normalized spacial score (nSPS) is 16.9. The summed E-state index contributed by atoms with van der Waals surface area (Å²) in [6.45, 7) is 12.4. The van der Waals surface area contributed by atoms with E-state index in [-0.39, 0.29) is 12.1 Å². The Kier molecular flexibility index (Phi) is 8.30. The highest BCUT2D eigenvalue weighted by atomic mass is 32.2. The summed E-state index contributed by atoms with van der Waals surface area (Å²) < 4.78 is 28.7. The van der Waals surface area contributed by atoms with Gasteiger partial charge in [-0.25, -0.2) is 8.42 Å². The molecule has 220 valence electrons. The van der Waals surface area contributed by atoms with Crippen LogP contribution in [0.25, 0.3) is 5.69 Å². The number of hydrogen-bond acceptors (Lipinski definition) is 5. The topological polar surface area (TPSA) is 82.5 Å². The van der Waals surface area contributed by atoms with E-state index in [2.05, 4.69) is 82.4 Å². The molecule has 0 radical (unpaired) electrons. The van der Waals surface area contributed by atoms with Gasteiger partial charge in [-0.05, 0) is 119 Å². The zero-order valence-corrected chi connectivity index (χ0v) is 26.6. The average Bonchev–Trinajstić information content (AvgIpc) is 3.45. The lowest BCUT2D eigenvalue weighted by molar-refractivity contribution is 0.565. The highest BCUT2D eigenvalue weighted by Crippen LogP contribution is 2.44. The molecule has 8 nitrogen and oxygen atoms in total. The van der Waals surface area contributed by atoms with Crippen LogP contribution in [-0.4, -0.2) is 42.4 Å². The van der Waals surface area contributed by atoms with Gasteiger partial charge in [-0.15, -0.1) is 0 Å². The van der Waals surface area contributed by atoms with Crippen molar-refractivity contribution in [3.05, 3.63) is 101 Å². The fourth-order valence-corrected chi connectivity index (χ4v) is 6.92. The van der Waals surface area contributed by atoms with Gasteiger partial charge in [0, 0.05) is 47.7 Å². The Morgan fingerprint density at radius 1 is 0.976 bits per heavy atom. The number of nitrogens with one attached hydrogen (secondary N) is 2. The van der Waals surface area contributed by atoms with Gasteiger partial charge in [0.1, 0.15) is 0 Å². The summed E-state index contributed by atoms with van der Waals surface area (Å²) >= 11 is 5.94. The number of rotatable bonds is 9. The molecule has 1 saturated heterocycles. The van der Waals surface area contributed by atoms with Gasteiger partial charge >= 0.3 is 0 Å². The molecule has 2 N–H and O–H groups in total. The van der Waals surface area contributed by atoms with Crippen LogP contribution in [0.3, 0.4) is 0 Å². The van der Waals surface area contributed by atoms with E-state index in [0.717, 1.165) is 58.9 Å². The maximum atomic E-state index is 11.9. The van der Waals surface area contributed by atoms with Gasteiger partial charge in [0.2, 0.25) is 10.0 Å². The first kappa shape index (κ1) is 29.6. The van der Waals surface area contributed by atoms with Crippen LogP contribution in [0.1, 0.15) is 54.1 Å². The third-order valence-electron chi connectivity index (χ3n) is 7.91. The molecular weight excluding hydrogens is 565 g/mol. The van der Waals surface area contributed by atoms with Gasteiger partial charge in [-0.1, -0.05) is 6.07 Å². The van der Waals surface area contributed by atoms with Crippen LogP contribution in [0.2, 0.25) is 0 Å². The van der Waals surface area contributed by atoms with Crippen LogP contribution in [-0.2, 0) is 10.0 Å². The second-order valence-corrected chi connectivity index (χ2v) is 12.9. The summed E-state index contributed by atoms with van der Waals surface area (Å²) in [5.41, 5.74) is 8.82. The van der Waals surface area contributed by atoms with Crippen LogP contribution in [0, 0.1) is 20.8 Å². The summed E-state index contributed by atoms with van der Waals surface area (Å²) in [7, 11) is -3.40. The quantitative estimate of drug-likeness (QED) is 0.221. The van der Waals surface area contributed by atoms with Crippen molar-refractivity contribution in [1.29, 1.82) is 0 Å². The van der Waals surface area contributed by atoms with Crippen molar-refractivity contribution in [1.82, 2.24) is 14.9 Å². The Morgan fingerprint density at radius 3 is 2.26 bits per heavy atom. The average molecular weight is 603 g/mol. The van der Waals surface area contributed by atoms with Crippen LogP contribution in [0.15, 0.2) is 72.9 Å². The molecule has 10 heteroatoms. The van der Waals surface area contributed by atoms with Crippen molar-refractivity contribution in [3.8, 4) is 5.69 Å². The van der Waals surface area contributed by atoms with Crippen LogP contribution in [0.5, 0.6) is 0 Å². The minimum Gasteiger partial charge on any atom is -0.372 e. The summed E-state index contributed by atoms with van der Waals surface area (Å²) in [5, 5.41) is 4.13. The lowest BCUT2D eigenvalue weighted by atomic mass is 9.96. The number of anilines is 3. The molecule has 4 aromatic rings. The number of pyridine rings is 1. The van der Waals surface area contributed by atoms with Gasteiger partial charge in [0.15, 0.2) is 5.11 Å². The smallest absolute Gasteiger partial charge is 0.229 e. The lowest BCUT2D eigenvalue weighted by Gasteiger charge is -2.29. The molecule has 42 heavy (non-hydrogen) atoms. The van der Waals surface area contributed by atoms with Gasteiger partial charge in [-0.3, -0.25) is 9.71 Å². The van der Waals surface area contributed by atoms with Crippen LogP contribution >= 0.6 is 12.2 Å². The second-order valence-electron chi connectivity index (χ2n) is 10.7. The molecule has 2 atom stereocenters. The molecule has 0 amide bonds. The number of hydrogen-bond donors (Lipinski definition) is 2. The van der Waals surface area contributed by atoms with Gasteiger partial charge in [0.05, 0.1) is 29.7 Å². The lowest BCUT2D eigenvalue weighted by Crippen LogP contribution is -2.29. The van der Waals surface area contributed by atoms with E-state index < -0.39 is 10.0 Å². The second kappa shape index (κ2) is 11.8. The van der Waals surface area contributed by atoms with Gasteiger partial charge < -0.3 is 19.7 Å². The maximum Gasteiger partial charge on any atom is 0.229 e. The number of nitrogens with zero attached hydrogens (tertiary/aromatic N) is 4. The SMILES string of the molecule is CCN(CC)c1ccc(-n2c(C)cc([C@@H]3[C@H](c4ccccn4)NC(=S)N3c3ccc(NS(C)(=O)=O)c(C)c3)c2C)cc1. The Bertz CT molecular complexity index is 1700. The summed E-state index contributed by atoms with van der Waals surface area (Å²) in [4.78, 5) is 9.16. The molecule has 0 spiro atoms. The van der Waals surface area contributed by atoms with E-state index in [0.29, 0.717) is 10.8 Å². The Morgan fingerprint density at radius 2 is 1.67 bits per heavy atom. The molecule has 5 rings (SSSR count). The minimum atomic E-state index is -3.40. The fourth-order valence-electron chi connectivity index (χ4n) is 5.95. The molecule has 0 aliphatic carbocycles. The van der Waals surface area contributed by atoms with E-state index in [1.54, 1.807) is 12.3 Å². The monoisotopic (exact) mass is 602 g/mol. The molecule has 2 aromatic heterocycles. The number of sulfonamides is 1. The number of aryl methyl sites for hydroxylation is 2. The van der Waals surface area contributed by atoms with E-state index in [1.165, 1.54) is 5.69 Å². The Hall–Kier alpha value is -3.89. The maximum absolute atomic E-state index is 11.9. The third-order valence-corrected chi connectivity index (χ3v) is 8.81. The first-order valence-corrected chi connectivity index (χ1v) is 16.5. The molecule has 1 aliphatic rings. The van der Waals surface area contributed by atoms with E-state index >= 15 is 0 Å². The third kappa shape index (κ3) is 5.73. The fraction of sp³-hybridized carbons (Fsp3) is 0.312. The minimum absolute atomic E-state index is 0.185. The van der Waals surface area contributed by atoms with Crippen LogP contribution < -0.4 is 19.8 Å². The Balaban J connectivity index is 1.60. The van der Waals surface area contributed by atoms with Crippen molar-refractivity contribution in [3.63, 3.8) is 0 Å². The van der Waals surface area contributed by atoms with E-state index in [4.69, 9.17) is 17.2 Å². The summed E-state index contributed by atoms with van der Waals surface area (Å²) in [6.07, 6.45) is 2.95. The Labute approximate surface area is 254 Å². The van der Waals surface area contributed by atoms with Crippen molar-refractivity contribution in [2.45, 2.75) is 46.7 Å². The van der Waals surface area contributed by atoms with E-state index in [9.17, 15) is 8.42 Å². The zero-order chi connectivity index (χ0) is 30.2. The zero-order valence-electron chi connectivity index (χ0n) is 24.9. The first-order chi connectivity index (χ1) is 20.0. The van der Waals surface area contributed by atoms with Gasteiger partial charge in [-0.2, -0.15) is 0 Å². The van der Waals surface area contributed by atoms with Crippen molar-refractivity contribution < 1.29 is 8.42 Å². The highest BCUT2D eigenvalue weighted by molar-refractivity contribution is 7.92. The van der Waals surface area contributed by atoms with Crippen molar-refractivity contribution in [2.75, 3.05) is 33.9 Å². The van der Waals surface area contributed by atoms with Crippen LogP contribution in [0.4, 0.5) is 17.1 Å². The predicted molar refractivity (Wildman–Crippen MR) is 176 cm³/mol. The van der Waals surface area contributed by atoms with Crippen molar-refractivity contribution >= 4 is 44.4 Å². The standard InChI is InChI=1S/C32H38N6O2S2/c1-7-36(8-2)24-12-14-25(15-13-24)37-22(4)20-27(23(37)5)31-30(29-11-9-10-18-33-29)34-32(41)38(31)26-16-17-28(21(3)19-26)35-42(6,39)40/h9-20,30-31,35H,7-8H2,1-6H3,(H,34,41)/t30-,31+/m0/s1. The number of thiocarbonyl (C=S) groups is 1.